The average molecular weight is 207 g/mol. The molecule has 0 spiro atoms. The molecule has 1 aromatic heterocycles. The van der Waals surface area contributed by atoms with Gasteiger partial charge in [0.1, 0.15) is 0 Å². The highest BCUT2D eigenvalue weighted by molar-refractivity contribution is 5.43. The molecule has 2 rings (SSSR count). The van der Waals surface area contributed by atoms with Crippen molar-refractivity contribution < 1.29 is 4.92 Å². The van der Waals surface area contributed by atoms with E-state index in [0.29, 0.717) is 0 Å². The molecule has 80 valence electrons. The Kier molecular flexibility index (Phi) is 2.80. The van der Waals surface area contributed by atoms with Crippen molar-refractivity contribution in [2.45, 2.75) is 19.3 Å². The van der Waals surface area contributed by atoms with E-state index in [1.54, 1.807) is 6.07 Å². The molecule has 0 saturated heterocycles. The highest BCUT2D eigenvalue weighted by Gasteiger charge is 2.20. The quantitative estimate of drug-likeness (QED) is 0.593. The third-order valence-electron chi connectivity index (χ3n) is 2.51. The average Bonchev–Trinajstić information content (AvgIpc) is 3.02. The smallest absolute Gasteiger partial charge is 0.363 e. The monoisotopic (exact) mass is 207 g/mol. The van der Waals surface area contributed by atoms with Crippen molar-refractivity contribution in [1.82, 2.24) is 4.98 Å². The Morgan fingerprint density at radius 2 is 2.33 bits per heavy atom. The largest absolute Gasteiger partial charge is 0.382 e. The molecule has 0 bridgehead atoms. The topological polar surface area (TPSA) is 68.1 Å². The first kappa shape index (κ1) is 9.89. The summed E-state index contributed by atoms with van der Waals surface area (Å²) in [6, 6.07) is 3.11. The number of nitro groups is 1. The molecule has 1 N–H and O–H groups in total. The summed E-state index contributed by atoms with van der Waals surface area (Å²) in [6.07, 6.45) is 5.38. The molecule has 1 fully saturated rings. The number of hydrogen-bond donors (Lipinski definition) is 1. The van der Waals surface area contributed by atoms with Gasteiger partial charge in [-0.3, -0.25) is 0 Å². The van der Waals surface area contributed by atoms with Crippen LogP contribution in [-0.2, 0) is 0 Å². The molecule has 5 nitrogen and oxygen atoms in total. The van der Waals surface area contributed by atoms with Crippen LogP contribution < -0.4 is 5.32 Å². The fourth-order valence-electron chi connectivity index (χ4n) is 1.43. The number of nitrogens with one attached hydrogen (secondary N) is 1. The van der Waals surface area contributed by atoms with Gasteiger partial charge >= 0.3 is 5.82 Å². The summed E-state index contributed by atoms with van der Waals surface area (Å²) in [4.78, 5) is 13.6. The molecule has 0 atom stereocenters. The minimum Gasteiger partial charge on any atom is -0.382 e. The third kappa shape index (κ3) is 2.90. The van der Waals surface area contributed by atoms with Crippen LogP contribution in [0.2, 0.25) is 0 Å². The van der Waals surface area contributed by atoms with Gasteiger partial charge in [-0.25, -0.2) is 0 Å². The summed E-state index contributed by atoms with van der Waals surface area (Å²) in [5, 5.41) is 13.5. The third-order valence-corrected chi connectivity index (χ3v) is 2.51. The number of hydrogen-bond acceptors (Lipinski definition) is 4. The fraction of sp³-hybridized carbons (Fsp3) is 0.500. The lowest BCUT2D eigenvalue weighted by molar-refractivity contribution is -0.389. The van der Waals surface area contributed by atoms with Crippen LogP contribution in [0, 0.1) is 16.0 Å². The lowest BCUT2D eigenvalue weighted by Gasteiger charge is -2.02. The second-order valence-electron chi connectivity index (χ2n) is 3.82. The molecule has 0 amide bonds. The van der Waals surface area contributed by atoms with Crippen LogP contribution in [0.3, 0.4) is 0 Å². The van der Waals surface area contributed by atoms with Crippen LogP contribution in [0.1, 0.15) is 19.3 Å². The SMILES string of the molecule is O=[N+]([O-])c1ccc(NCCC2CC2)cn1. The zero-order valence-electron chi connectivity index (χ0n) is 8.35. The molecule has 0 unspecified atom stereocenters. The highest BCUT2D eigenvalue weighted by Crippen LogP contribution is 2.32. The normalized spacial score (nSPS) is 14.9. The first-order chi connectivity index (χ1) is 7.25. The molecule has 0 aromatic carbocycles. The Morgan fingerprint density at radius 1 is 1.53 bits per heavy atom. The van der Waals surface area contributed by atoms with Crippen molar-refractivity contribution in [1.29, 1.82) is 0 Å². The maximum atomic E-state index is 10.3. The van der Waals surface area contributed by atoms with Crippen molar-refractivity contribution in [3.8, 4) is 0 Å². The second kappa shape index (κ2) is 4.25. The van der Waals surface area contributed by atoms with Crippen molar-refractivity contribution in [2.24, 2.45) is 5.92 Å². The van der Waals surface area contributed by atoms with Crippen molar-refractivity contribution >= 4 is 11.5 Å². The van der Waals surface area contributed by atoms with Crippen LogP contribution in [0.4, 0.5) is 11.5 Å². The zero-order chi connectivity index (χ0) is 10.7. The molecule has 0 radical (unpaired) electrons. The van der Waals surface area contributed by atoms with Gasteiger partial charge in [0, 0.05) is 12.6 Å². The summed E-state index contributed by atoms with van der Waals surface area (Å²) < 4.78 is 0. The minimum atomic E-state index is -0.492. The van der Waals surface area contributed by atoms with Gasteiger partial charge in [-0.1, -0.05) is 12.8 Å². The van der Waals surface area contributed by atoms with E-state index in [1.807, 2.05) is 0 Å². The summed E-state index contributed by atoms with van der Waals surface area (Å²) in [5.41, 5.74) is 0.848. The molecular formula is C10H13N3O2. The van der Waals surface area contributed by atoms with Gasteiger partial charge < -0.3 is 15.4 Å². The van der Waals surface area contributed by atoms with Crippen molar-refractivity contribution in [3.05, 3.63) is 28.4 Å². The maximum absolute atomic E-state index is 10.3. The first-order valence-electron chi connectivity index (χ1n) is 5.10. The van der Waals surface area contributed by atoms with E-state index < -0.39 is 4.92 Å². The van der Waals surface area contributed by atoms with Crippen LogP contribution in [-0.4, -0.2) is 16.5 Å². The highest BCUT2D eigenvalue weighted by atomic mass is 16.6. The van der Waals surface area contributed by atoms with Crippen molar-refractivity contribution in [3.63, 3.8) is 0 Å². The Morgan fingerprint density at radius 3 is 2.87 bits per heavy atom. The maximum Gasteiger partial charge on any atom is 0.363 e. The molecule has 1 aromatic rings. The number of pyridine rings is 1. The van der Waals surface area contributed by atoms with Crippen LogP contribution in [0.5, 0.6) is 0 Å². The summed E-state index contributed by atoms with van der Waals surface area (Å²) in [6.45, 7) is 0.921. The van der Waals surface area contributed by atoms with E-state index in [-0.39, 0.29) is 5.82 Å². The van der Waals surface area contributed by atoms with E-state index in [2.05, 4.69) is 10.3 Å². The summed E-state index contributed by atoms with van der Waals surface area (Å²) in [5.74, 6) is 0.784. The Labute approximate surface area is 87.7 Å². The summed E-state index contributed by atoms with van der Waals surface area (Å²) in [7, 11) is 0. The van der Waals surface area contributed by atoms with Gasteiger partial charge in [0.15, 0.2) is 6.20 Å². The molecule has 15 heavy (non-hydrogen) atoms. The number of aromatic nitrogens is 1. The van der Waals surface area contributed by atoms with E-state index in [9.17, 15) is 10.1 Å². The lowest BCUT2D eigenvalue weighted by Crippen LogP contribution is -2.02. The number of nitrogens with zero attached hydrogens (tertiary/aromatic N) is 2. The second-order valence-corrected chi connectivity index (χ2v) is 3.82. The lowest BCUT2D eigenvalue weighted by atomic mass is 10.3. The van der Waals surface area contributed by atoms with Gasteiger partial charge in [0.05, 0.1) is 5.69 Å². The zero-order valence-corrected chi connectivity index (χ0v) is 8.35. The molecule has 1 saturated carbocycles. The van der Waals surface area contributed by atoms with E-state index >= 15 is 0 Å². The van der Waals surface area contributed by atoms with Crippen LogP contribution in [0.15, 0.2) is 18.3 Å². The minimum absolute atomic E-state index is 0.109. The van der Waals surface area contributed by atoms with Crippen molar-refractivity contribution in [2.75, 3.05) is 11.9 Å². The van der Waals surface area contributed by atoms with E-state index in [1.165, 1.54) is 31.5 Å². The fourth-order valence-corrected chi connectivity index (χ4v) is 1.43. The van der Waals surface area contributed by atoms with Gasteiger partial charge in [-0.2, -0.15) is 0 Å². The summed E-state index contributed by atoms with van der Waals surface area (Å²) >= 11 is 0. The van der Waals surface area contributed by atoms with Crippen LogP contribution >= 0.6 is 0 Å². The predicted molar refractivity (Wildman–Crippen MR) is 56.7 cm³/mol. The van der Waals surface area contributed by atoms with E-state index in [0.717, 1.165) is 18.2 Å². The number of rotatable bonds is 5. The Balaban J connectivity index is 1.83. The Bertz CT molecular complexity index is 346. The molecule has 5 heteroatoms. The van der Waals surface area contributed by atoms with Gasteiger partial charge in [-0.05, 0) is 28.3 Å². The predicted octanol–water partition coefficient (Wildman–Crippen LogP) is 2.20. The van der Waals surface area contributed by atoms with Gasteiger partial charge in [0.25, 0.3) is 0 Å². The molecule has 1 aliphatic carbocycles. The van der Waals surface area contributed by atoms with Gasteiger partial charge in [-0.15, -0.1) is 0 Å². The number of anilines is 1. The molecule has 1 heterocycles. The van der Waals surface area contributed by atoms with Gasteiger partial charge in [0.2, 0.25) is 0 Å². The Hall–Kier alpha value is -1.65. The molecule has 0 aliphatic heterocycles. The van der Waals surface area contributed by atoms with Crippen LogP contribution in [0.25, 0.3) is 0 Å². The first-order valence-corrected chi connectivity index (χ1v) is 5.10. The van der Waals surface area contributed by atoms with E-state index in [4.69, 9.17) is 0 Å². The molecule has 1 aliphatic rings. The molecular weight excluding hydrogens is 194 g/mol. The standard InChI is InChI=1S/C10H13N3O2/c14-13(15)10-4-3-9(7-12-10)11-6-5-8-1-2-8/h3-4,7-8,11H,1-2,5-6H2.